The van der Waals surface area contributed by atoms with E-state index in [-0.39, 0.29) is 0 Å². The van der Waals surface area contributed by atoms with Crippen molar-refractivity contribution in [3.05, 3.63) is 60.9 Å². The molecular weight excluding hydrogens is 324 g/mol. The van der Waals surface area contributed by atoms with Crippen LogP contribution in [0.3, 0.4) is 0 Å². The zero-order chi connectivity index (χ0) is 17.3. The van der Waals surface area contributed by atoms with Crippen molar-refractivity contribution in [2.75, 3.05) is 23.3 Å². The number of anilines is 2. The first kappa shape index (κ1) is 15.2. The standard InChI is InChI=1S/C21H20N4O/c1-2-7-15(8-3-1)24-16-9-6-12-25(13-16)21-20-19(22-14-23-21)17-10-4-5-11-18(17)26-20/h1-5,7-8,10-11,14,16,24H,6,9,12-13H2. The lowest BCUT2D eigenvalue weighted by atomic mass is 10.1. The molecule has 0 spiro atoms. The van der Waals surface area contributed by atoms with Crippen molar-refractivity contribution in [1.29, 1.82) is 0 Å². The van der Waals surface area contributed by atoms with E-state index in [1.807, 2.05) is 30.3 Å². The van der Waals surface area contributed by atoms with Crippen molar-refractivity contribution in [2.24, 2.45) is 0 Å². The molecule has 0 radical (unpaired) electrons. The number of fused-ring (bicyclic) bond motifs is 3. The molecule has 0 bridgehead atoms. The average molecular weight is 344 g/mol. The second-order valence-electron chi connectivity index (χ2n) is 6.77. The Morgan fingerprint density at radius 3 is 2.77 bits per heavy atom. The predicted octanol–water partition coefficient (Wildman–Crippen LogP) is 4.46. The van der Waals surface area contributed by atoms with Crippen molar-refractivity contribution >= 4 is 33.6 Å². The van der Waals surface area contributed by atoms with Gasteiger partial charge in [-0.15, -0.1) is 0 Å². The molecule has 1 atom stereocenters. The van der Waals surface area contributed by atoms with Crippen LogP contribution < -0.4 is 10.2 Å². The number of nitrogens with one attached hydrogen (secondary N) is 1. The molecule has 1 unspecified atom stereocenters. The first-order valence-corrected chi connectivity index (χ1v) is 9.07. The van der Waals surface area contributed by atoms with E-state index in [1.54, 1.807) is 6.33 Å². The summed E-state index contributed by atoms with van der Waals surface area (Å²) in [6.45, 7) is 1.88. The normalized spacial score (nSPS) is 17.7. The minimum absolute atomic E-state index is 0.389. The van der Waals surface area contributed by atoms with Crippen LogP contribution in [0.15, 0.2) is 65.3 Å². The fraction of sp³-hybridized carbons (Fsp3) is 0.238. The number of nitrogens with zero attached hydrogens (tertiary/aromatic N) is 3. The van der Waals surface area contributed by atoms with Gasteiger partial charge in [0.15, 0.2) is 11.4 Å². The lowest BCUT2D eigenvalue weighted by Gasteiger charge is -2.34. The summed E-state index contributed by atoms with van der Waals surface area (Å²) in [6, 6.07) is 18.8. The summed E-state index contributed by atoms with van der Waals surface area (Å²) in [7, 11) is 0. The third kappa shape index (κ3) is 2.65. The van der Waals surface area contributed by atoms with Gasteiger partial charge in [0, 0.05) is 30.2 Å². The molecule has 1 aliphatic rings. The smallest absolute Gasteiger partial charge is 0.196 e. The Balaban J connectivity index is 1.47. The van der Waals surface area contributed by atoms with Crippen LogP contribution in [0, 0.1) is 0 Å². The van der Waals surface area contributed by atoms with Gasteiger partial charge in [0.25, 0.3) is 0 Å². The molecule has 0 aliphatic carbocycles. The molecular formula is C21H20N4O. The summed E-state index contributed by atoms with van der Waals surface area (Å²) in [5, 5.41) is 4.68. The van der Waals surface area contributed by atoms with Crippen LogP contribution in [-0.2, 0) is 0 Å². The third-order valence-electron chi connectivity index (χ3n) is 5.00. The van der Waals surface area contributed by atoms with Crippen LogP contribution >= 0.6 is 0 Å². The summed E-state index contributed by atoms with van der Waals surface area (Å²) in [5.74, 6) is 0.894. The van der Waals surface area contributed by atoms with Crippen LogP contribution in [0.2, 0.25) is 0 Å². The van der Waals surface area contributed by atoms with E-state index in [4.69, 9.17) is 4.42 Å². The van der Waals surface area contributed by atoms with Gasteiger partial charge in [-0.05, 0) is 37.1 Å². The summed E-state index contributed by atoms with van der Waals surface area (Å²) >= 11 is 0. The second kappa shape index (κ2) is 6.33. The van der Waals surface area contributed by atoms with Crippen molar-refractivity contribution in [3.63, 3.8) is 0 Å². The number of piperidine rings is 1. The summed E-state index contributed by atoms with van der Waals surface area (Å²) in [4.78, 5) is 11.3. The highest BCUT2D eigenvalue weighted by Gasteiger charge is 2.24. The van der Waals surface area contributed by atoms with Gasteiger partial charge in [-0.25, -0.2) is 9.97 Å². The molecule has 0 amide bonds. The first-order valence-electron chi connectivity index (χ1n) is 9.07. The van der Waals surface area contributed by atoms with Gasteiger partial charge in [0.1, 0.15) is 17.4 Å². The number of furan rings is 1. The van der Waals surface area contributed by atoms with Crippen molar-refractivity contribution in [2.45, 2.75) is 18.9 Å². The molecule has 1 N–H and O–H groups in total. The summed E-state index contributed by atoms with van der Waals surface area (Å²) < 4.78 is 6.10. The van der Waals surface area contributed by atoms with Crippen LogP contribution in [0.1, 0.15) is 12.8 Å². The van der Waals surface area contributed by atoms with Gasteiger partial charge in [-0.2, -0.15) is 0 Å². The Labute approximate surface area is 151 Å². The largest absolute Gasteiger partial charge is 0.450 e. The molecule has 2 aromatic heterocycles. The first-order chi connectivity index (χ1) is 12.9. The fourth-order valence-electron chi connectivity index (χ4n) is 3.79. The maximum atomic E-state index is 6.10. The Bertz CT molecular complexity index is 1040. The number of aromatic nitrogens is 2. The maximum Gasteiger partial charge on any atom is 0.196 e. The molecule has 2 aromatic carbocycles. The van der Waals surface area contributed by atoms with Gasteiger partial charge < -0.3 is 14.6 Å². The quantitative estimate of drug-likeness (QED) is 0.595. The third-order valence-corrected chi connectivity index (χ3v) is 5.00. The molecule has 5 rings (SSSR count). The van der Waals surface area contributed by atoms with Crippen molar-refractivity contribution < 1.29 is 4.42 Å². The van der Waals surface area contributed by atoms with E-state index in [0.29, 0.717) is 6.04 Å². The van der Waals surface area contributed by atoms with Crippen LogP contribution in [0.25, 0.3) is 22.1 Å². The average Bonchev–Trinajstić information content (AvgIpc) is 3.08. The summed E-state index contributed by atoms with van der Waals surface area (Å²) in [6.07, 6.45) is 3.92. The van der Waals surface area contributed by atoms with Gasteiger partial charge >= 0.3 is 0 Å². The van der Waals surface area contributed by atoms with Gasteiger partial charge in [-0.3, -0.25) is 0 Å². The number of para-hydroxylation sites is 2. The van der Waals surface area contributed by atoms with E-state index >= 15 is 0 Å². The van der Waals surface area contributed by atoms with Crippen LogP contribution in [0.4, 0.5) is 11.5 Å². The maximum absolute atomic E-state index is 6.10. The second-order valence-corrected chi connectivity index (χ2v) is 6.77. The van der Waals surface area contributed by atoms with Crippen LogP contribution in [0.5, 0.6) is 0 Å². The highest BCUT2D eigenvalue weighted by atomic mass is 16.3. The summed E-state index contributed by atoms with van der Waals surface area (Å²) in [5.41, 5.74) is 3.70. The Kier molecular flexibility index (Phi) is 3.70. The fourth-order valence-corrected chi connectivity index (χ4v) is 3.79. The topological polar surface area (TPSA) is 54.2 Å². The van der Waals surface area contributed by atoms with Gasteiger partial charge in [0.2, 0.25) is 0 Å². The van der Waals surface area contributed by atoms with Gasteiger partial charge in [0.05, 0.1) is 0 Å². The molecule has 5 nitrogen and oxygen atoms in total. The Morgan fingerprint density at radius 1 is 1.00 bits per heavy atom. The number of hydrogen-bond acceptors (Lipinski definition) is 5. The molecule has 1 saturated heterocycles. The Morgan fingerprint density at radius 2 is 1.85 bits per heavy atom. The van der Waals surface area contributed by atoms with E-state index in [2.05, 4.69) is 44.5 Å². The molecule has 26 heavy (non-hydrogen) atoms. The highest BCUT2D eigenvalue weighted by Crippen LogP contribution is 2.33. The van der Waals surface area contributed by atoms with Gasteiger partial charge in [-0.1, -0.05) is 30.3 Å². The number of hydrogen-bond donors (Lipinski definition) is 1. The molecule has 4 aromatic rings. The van der Waals surface area contributed by atoms with Crippen molar-refractivity contribution in [3.8, 4) is 0 Å². The molecule has 130 valence electrons. The SMILES string of the molecule is c1ccc(NC2CCCN(c3ncnc4c3oc3ccccc34)C2)cc1. The van der Waals surface area contributed by atoms with E-state index < -0.39 is 0 Å². The lowest BCUT2D eigenvalue weighted by Crippen LogP contribution is -2.42. The minimum Gasteiger partial charge on any atom is -0.450 e. The molecule has 1 fully saturated rings. The minimum atomic E-state index is 0.389. The monoisotopic (exact) mass is 344 g/mol. The zero-order valence-electron chi connectivity index (χ0n) is 14.4. The van der Waals surface area contributed by atoms with E-state index in [1.165, 1.54) is 0 Å². The highest BCUT2D eigenvalue weighted by molar-refractivity contribution is 6.05. The number of benzene rings is 2. The predicted molar refractivity (Wildman–Crippen MR) is 105 cm³/mol. The molecule has 0 saturated carbocycles. The van der Waals surface area contributed by atoms with E-state index in [0.717, 1.165) is 59.5 Å². The molecule has 5 heteroatoms. The molecule has 1 aliphatic heterocycles. The Hall–Kier alpha value is -3.08. The lowest BCUT2D eigenvalue weighted by molar-refractivity contribution is 0.524. The zero-order valence-corrected chi connectivity index (χ0v) is 14.4. The number of rotatable bonds is 3. The van der Waals surface area contributed by atoms with Crippen LogP contribution in [-0.4, -0.2) is 29.1 Å². The molecule has 3 heterocycles. The van der Waals surface area contributed by atoms with E-state index in [9.17, 15) is 0 Å². The van der Waals surface area contributed by atoms with Crippen molar-refractivity contribution in [1.82, 2.24) is 9.97 Å².